The number of carbonyl (C=O) groups is 2. The van der Waals surface area contributed by atoms with Gasteiger partial charge in [0.2, 0.25) is 5.91 Å². The highest BCUT2D eigenvalue weighted by Crippen LogP contribution is 2.17. The van der Waals surface area contributed by atoms with Crippen LogP contribution in [0.25, 0.3) is 0 Å². The molecule has 2 amide bonds. The minimum Gasteiger partial charge on any atom is -0.339 e. The summed E-state index contributed by atoms with van der Waals surface area (Å²) in [5, 5.41) is 6.21. The van der Waals surface area contributed by atoms with Crippen LogP contribution in [0.2, 0.25) is 0 Å². The second kappa shape index (κ2) is 8.44. The highest BCUT2D eigenvalue weighted by atomic mass is 16.2. The predicted molar refractivity (Wildman–Crippen MR) is 97.2 cm³/mol. The van der Waals surface area contributed by atoms with E-state index in [4.69, 9.17) is 0 Å². The summed E-state index contributed by atoms with van der Waals surface area (Å²) in [7, 11) is 0. The van der Waals surface area contributed by atoms with Crippen LogP contribution in [-0.2, 0) is 4.79 Å². The Bertz CT molecular complexity index is 695. The number of hydrogen-bond acceptors (Lipinski definition) is 3. The van der Waals surface area contributed by atoms with Crippen molar-refractivity contribution in [2.24, 2.45) is 0 Å². The van der Waals surface area contributed by atoms with Crippen LogP contribution in [0.4, 0.5) is 0 Å². The Morgan fingerprint density at radius 3 is 2.32 bits per heavy atom. The van der Waals surface area contributed by atoms with Crippen LogP contribution in [-0.4, -0.2) is 42.9 Å². The molecule has 1 aliphatic heterocycles. The molecular formula is C20H23N3O2. The van der Waals surface area contributed by atoms with Gasteiger partial charge in [0.1, 0.15) is 6.04 Å². The molecule has 0 bridgehead atoms. The van der Waals surface area contributed by atoms with Crippen LogP contribution in [0.3, 0.4) is 0 Å². The minimum atomic E-state index is -0.674. The van der Waals surface area contributed by atoms with Gasteiger partial charge in [-0.3, -0.25) is 9.59 Å². The third kappa shape index (κ3) is 4.45. The van der Waals surface area contributed by atoms with Crippen molar-refractivity contribution in [3.63, 3.8) is 0 Å². The molecule has 2 aromatic carbocycles. The van der Waals surface area contributed by atoms with Gasteiger partial charge in [-0.1, -0.05) is 48.5 Å². The third-order valence-corrected chi connectivity index (χ3v) is 4.34. The van der Waals surface area contributed by atoms with Crippen LogP contribution < -0.4 is 10.6 Å². The third-order valence-electron chi connectivity index (χ3n) is 4.34. The first kappa shape index (κ1) is 17.2. The van der Waals surface area contributed by atoms with Gasteiger partial charge in [-0.15, -0.1) is 0 Å². The van der Waals surface area contributed by atoms with E-state index in [-0.39, 0.29) is 11.8 Å². The lowest BCUT2D eigenvalue weighted by molar-refractivity contribution is -0.133. The van der Waals surface area contributed by atoms with E-state index < -0.39 is 6.04 Å². The Hall–Kier alpha value is -2.66. The fourth-order valence-corrected chi connectivity index (χ4v) is 2.99. The Morgan fingerprint density at radius 1 is 0.920 bits per heavy atom. The highest BCUT2D eigenvalue weighted by molar-refractivity contribution is 5.97. The fourth-order valence-electron chi connectivity index (χ4n) is 2.99. The van der Waals surface area contributed by atoms with Crippen LogP contribution in [0.15, 0.2) is 60.7 Å². The summed E-state index contributed by atoms with van der Waals surface area (Å²) in [6, 6.07) is 17.7. The summed E-state index contributed by atoms with van der Waals surface area (Å²) in [5.41, 5.74) is 1.35. The van der Waals surface area contributed by atoms with E-state index in [2.05, 4.69) is 10.6 Å². The lowest BCUT2D eigenvalue weighted by Crippen LogP contribution is -2.44. The van der Waals surface area contributed by atoms with Crippen molar-refractivity contribution in [2.75, 3.05) is 26.2 Å². The molecule has 1 unspecified atom stereocenters. The molecule has 1 atom stereocenters. The van der Waals surface area contributed by atoms with E-state index in [0.717, 1.165) is 25.1 Å². The first-order valence-corrected chi connectivity index (χ1v) is 8.66. The average molecular weight is 337 g/mol. The number of benzene rings is 2. The monoisotopic (exact) mass is 337 g/mol. The Labute approximate surface area is 148 Å². The summed E-state index contributed by atoms with van der Waals surface area (Å²) in [5.74, 6) is -0.296. The maximum atomic E-state index is 13.1. The molecule has 130 valence electrons. The normalized spacial score (nSPS) is 15.9. The molecule has 1 fully saturated rings. The first-order chi connectivity index (χ1) is 12.3. The minimum absolute atomic E-state index is 0.0563. The van der Waals surface area contributed by atoms with Gasteiger partial charge in [0.05, 0.1) is 0 Å². The van der Waals surface area contributed by atoms with Crippen LogP contribution in [0.1, 0.15) is 28.4 Å². The SMILES string of the molecule is O=C(NC(C(=O)N1CCCNCC1)c1ccccc1)c1ccccc1. The highest BCUT2D eigenvalue weighted by Gasteiger charge is 2.28. The molecular weight excluding hydrogens is 314 g/mol. The average Bonchev–Trinajstić information content (AvgIpc) is 2.96. The van der Waals surface area contributed by atoms with E-state index in [1.807, 2.05) is 53.4 Å². The lowest BCUT2D eigenvalue weighted by atomic mass is 10.0. The summed E-state index contributed by atoms with van der Waals surface area (Å²) in [6.07, 6.45) is 0.917. The maximum Gasteiger partial charge on any atom is 0.252 e. The summed E-state index contributed by atoms with van der Waals surface area (Å²) in [6.45, 7) is 3.05. The summed E-state index contributed by atoms with van der Waals surface area (Å²) < 4.78 is 0. The molecule has 1 saturated heterocycles. The number of nitrogens with zero attached hydrogens (tertiary/aromatic N) is 1. The van der Waals surface area contributed by atoms with Crippen molar-refractivity contribution < 1.29 is 9.59 Å². The second-order valence-corrected chi connectivity index (χ2v) is 6.11. The van der Waals surface area contributed by atoms with Gasteiger partial charge >= 0.3 is 0 Å². The molecule has 0 aromatic heterocycles. The van der Waals surface area contributed by atoms with Crippen molar-refractivity contribution in [3.8, 4) is 0 Å². The van der Waals surface area contributed by atoms with E-state index >= 15 is 0 Å². The largest absolute Gasteiger partial charge is 0.339 e. The summed E-state index contributed by atoms with van der Waals surface area (Å²) >= 11 is 0. The van der Waals surface area contributed by atoms with Gasteiger partial charge in [-0.05, 0) is 30.7 Å². The number of hydrogen-bond donors (Lipinski definition) is 2. The zero-order valence-corrected chi connectivity index (χ0v) is 14.2. The molecule has 2 aromatic rings. The predicted octanol–water partition coefficient (Wildman–Crippen LogP) is 1.98. The van der Waals surface area contributed by atoms with Gasteiger partial charge in [-0.25, -0.2) is 0 Å². The van der Waals surface area contributed by atoms with E-state index in [1.54, 1.807) is 12.1 Å². The Morgan fingerprint density at radius 2 is 1.60 bits per heavy atom. The van der Waals surface area contributed by atoms with E-state index in [9.17, 15) is 9.59 Å². The van der Waals surface area contributed by atoms with Crippen LogP contribution >= 0.6 is 0 Å². The van der Waals surface area contributed by atoms with Crippen molar-refractivity contribution in [2.45, 2.75) is 12.5 Å². The molecule has 2 N–H and O–H groups in total. The number of rotatable bonds is 4. The van der Waals surface area contributed by atoms with Crippen LogP contribution in [0, 0.1) is 0 Å². The lowest BCUT2D eigenvalue weighted by Gasteiger charge is -2.27. The van der Waals surface area contributed by atoms with Crippen molar-refractivity contribution in [1.29, 1.82) is 0 Å². The number of carbonyl (C=O) groups excluding carboxylic acids is 2. The first-order valence-electron chi connectivity index (χ1n) is 8.66. The van der Waals surface area contributed by atoms with Gasteiger partial charge in [0, 0.05) is 25.2 Å². The summed E-state index contributed by atoms with van der Waals surface area (Å²) in [4.78, 5) is 27.5. The zero-order chi connectivity index (χ0) is 17.5. The molecule has 3 rings (SSSR count). The van der Waals surface area contributed by atoms with E-state index in [0.29, 0.717) is 18.7 Å². The molecule has 25 heavy (non-hydrogen) atoms. The van der Waals surface area contributed by atoms with Gasteiger partial charge in [-0.2, -0.15) is 0 Å². The molecule has 0 aliphatic carbocycles. The smallest absolute Gasteiger partial charge is 0.252 e. The fraction of sp³-hybridized carbons (Fsp3) is 0.300. The topological polar surface area (TPSA) is 61.4 Å². The van der Waals surface area contributed by atoms with Gasteiger partial charge in [0.15, 0.2) is 0 Å². The maximum absolute atomic E-state index is 13.1. The molecule has 1 heterocycles. The van der Waals surface area contributed by atoms with Crippen LogP contribution in [0.5, 0.6) is 0 Å². The molecule has 5 nitrogen and oxygen atoms in total. The Kier molecular flexibility index (Phi) is 5.80. The molecule has 1 aliphatic rings. The molecule has 0 spiro atoms. The standard InChI is InChI=1S/C20H23N3O2/c24-19(17-10-5-2-6-11-17)22-18(16-8-3-1-4-9-16)20(25)23-14-7-12-21-13-15-23/h1-6,8-11,18,21H,7,12-15H2,(H,22,24). The second-order valence-electron chi connectivity index (χ2n) is 6.11. The zero-order valence-electron chi connectivity index (χ0n) is 14.2. The molecule has 0 saturated carbocycles. The van der Waals surface area contributed by atoms with E-state index in [1.165, 1.54) is 0 Å². The van der Waals surface area contributed by atoms with Gasteiger partial charge in [0.25, 0.3) is 5.91 Å². The quantitative estimate of drug-likeness (QED) is 0.897. The van der Waals surface area contributed by atoms with Crippen molar-refractivity contribution in [3.05, 3.63) is 71.8 Å². The Balaban J connectivity index is 1.82. The number of nitrogens with one attached hydrogen (secondary N) is 2. The molecule has 5 heteroatoms. The van der Waals surface area contributed by atoms with Crippen molar-refractivity contribution >= 4 is 11.8 Å². The van der Waals surface area contributed by atoms with Crippen molar-refractivity contribution in [1.82, 2.24) is 15.5 Å². The van der Waals surface area contributed by atoms with Gasteiger partial charge < -0.3 is 15.5 Å². The molecule has 0 radical (unpaired) electrons. The number of amides is 2.